The van der Waals surface area contributed by atoms with Crippen molar-refractivity contribution in [1.82, 2.24) is 5.32 Å². The maximum Gasteiger partial charge on any atom is 0.224 e. The molecule has 2 nitrogen and oxygen atoms in total. The number of carbonyl (C=O) groups is 1. The van der Waals surface area contributed by atoms with Crippen LogP contribution in [0.25, 0.3) is 0 Å². The van der Waals surface area contributed by atoms with Crippen LogP contribution >= 0.6 is 43.2 Å². The Balaban J connectivity index is 1.83. The minimum atomic E-state index is 0.0434. The highest BCUT2D eigenvalue weighted by molar-refractivity contribution is 9.11. The van der Waals surface area contributed by atoms with E-state index in [1.807, 2.05) is 36.4 Å². The molecular weight excluding hydrogens is 378 g/mol. The van der Waals surface area contributed by atoms with Gasteiger partial charge in [-0.1, -0.05) is 28.1 Å². The molecule has 0 bridgehead atoms. The van der Waals surface area contributed by atoms with Crippen LogP contribution in [0.1, 0.15) is 10.4 Å². The van der Waals surface area contributed by atoms with Gasteiger partial charge in [0.2, 0.25) is 5.91 Å². The molecule has 5 heteroatoms. The summed E-state index contributed by atoms with van der Waals surface area (Å²) in [4.78, 5) is 12.9. The van der Waals surface area contributed by atoms with Crippen molar-refractivity contribution < 1.29 is 4.79 Å². The van der Waals surface area contributed by atoms with E-state index in [2.05, 4.69) is 37.2 Å². The van der Waals surface area contributed by atoms with Crippen LogP contribution in [0.3, 0.4) is 0 Å². The van der Waals surface area contributed by atoms with E-state index in [1.165, 1.54) is 0 Å². The van der Waals surface area contributed by atoms with Crippen LogP contribution in [-0.2, 0) is 17.8 Å². The zero-order valence-electron chi connectivity index (χ0n) is 9.45. The molecule has 2 aromatic rings. The average molecular weight is 389 g/mol. The first kappa shape index (κ1) is 13.8. The highest BCUT2D eigenvalue weighted by atomic mass is 79.9. The Hall–Kier alpha value is -0.650. The fourth-order valence-electron chi connectivity index (χ4n) is 1.48. The SMILES string of the molecule is O=C(Cc1ccc(Br)cc1)NCc1ccc(Br)s1. The van der Waals surface area contributed by atoms with Crippen LogP contribution in [0, 0.1) is 0 Å². The molecular formula is C13H11Br2NOS. The second-order valence-corrected chi connectivity index (χ2v) is 7.25. The summed E-state index contributed by atoms with van der Waals surface area (Å²) in [5, 5.41) is 2.91. The number of benzene rings is 1. The highest BCUT2D eigenvalue weighted by Crippen LogP contribution is 2.21. The number of nitrogens with one attached hydrogen (secondary N) is 1. The summed E-state index contributed by atoms with van der Waals surface area (Å²) in [6.07, 6.45) is 0.416. The van der Waals surface area contributed by atoms with Crippen molar-refractivity contribution in [2.45, 2.75) is 13.0 Å². The largest absolute Gasteiger partial charge is 0.351 e. The third-order valence-corrected chi connectivity index (χ3v) is 4.52. The van der Waals surface area contributed by atoms with Crippen molar-refractivity contribution >= 4 is 49.1 Å². The summed E-state index contributed by atoms with van der Waals surface area (Å²) in [6.45, 7) is 0.589. The predicted octanol–water partition coefficient (Wildman–Crippen LogP) is 4.13. The molecule has 0 unspecified atom stereocenters. The number of hydrogen-bond donors (Lipinski definition) is 1. The van der Waals surface area contributed by atoms with E-state index in [-0.39, 0.29) is 5.91 Å². The van der Waals surface area contributed by atoms with Crippen molar-refractivity contribution in [3.8, 4) is 0 Å². The molecule has 0 aliphatic rings. The minimum Gasteiger partial charge on any atom is -0.351 e. The molecule has 1 aromatic carbocycles. The zero-order chi connectivity index (χ0) is 13.0. The minimum absolute atomic E-state index is 0.0434. The summed E-state index contributed by atoms with van der Waals surface area (Å²) >= 11 is 8.41. The van der Waals surface area contributed by atoms with Gasteiger partial charge in [0.25, 0.3) is 0 Å². The van der Waals surface area contributed by atoms with Crippen LogP contribution in [-0.4, -0.2) is 5.91 Å². The first-order chi connectivity index (χ1) is 8.63. The van der Waals surface area contributed by atoms with Crippen molar-refractivity contribution in [3.05, 3.63) is 55.1 Å². The summed E-state index contributed by atoms with van der Waals surface area (Å²) in [7, 11) is 0. The summed E-state index contributed by atoms with van der Waals surface area (Å²) in [5.74, 6) is 0.0434. The van der Waals surface area contributed by atoms with Crippen molar-refractivity contribution in [1.29, 1.82) is 0 Å². The first-order valence-corrected chi connectivity index (χ1v) is 7.79. The Morgan fingerprint density at radius 2 is 1.83 bits per heavy atom. The van der Waals surface area contributed by atoms with Gasteiger partial charge in [-0.2, -0.15) is 0 Å². The summed E-state index contributed by atoms with van der Waals surface area (Å²) in [5.41, 5.74) is 1.02. The maximum absolute atomic E-state index is 11.7. The van der Waals surface area contributed by atoms with Gasteiger partial charge in [0, 0.05) is 9.35 Å². The molecule has 1 aromatic heterocycles. The number of rotatable bonds is 4. The molecule has 0 spiro atoms. The summed E-state index contributed by atoms with van der Waals surface area (Å²) < 4.78 is 2.11. The normalized spacial score (nSPS) is 10.3. The molecule has 0 radical (unpaired) electrons. The van der Waals surface area contributed by atoms with Crippen LogP contribution in [0.15, 0.2) is 44.7 Å². The van der Waals surface area contributed by atoms with E-state index in [0.717, 1.165) is 18.7 Å². The second-order valence-electron chi connectivity index (χ2n) is 3.79. The maximum atomic E-state index is 11.7. The Bertz CT molecular complexity index is 536. The van der Waals surface area contributed by atoms with Gasteiger partial charge >= 0.3 is 0 Å². The number of halogens is 2. The lowest BCUT2D eigenvalue weighted by Gasteiger charge is -2.04. The van der Waals surface area contributed by atoms with Gasteiger partial charge in [-0.3, -0.25) is 4.79 Å². The molecule has 0 saturated heterocycles. The van der Waals surface area contributed by atoms with Gasteiger partial charge < -0.3 is 5.32 Å². The van der Waals surface area contributed by atoms with Gasteiger partial charge in [0.1, 0.15) is 0 Å². The molecule has 2 rings (SSSR count). The van der Waals surface area contributed by atoms with Crippen LogP contribution in [0.5, 0.6) is 0 Å². The monoisotopic (exact) mass is 387 g/mol. The van der Waals surface area contributed by atoms with Gasteiger partial charge in [0.05, 0.1) is 16.8 Å². The fraction of sp³-hybridized carbons (Fsp3) is 0.154. The topological polar surface area (TPSA) is 29.1 Å². The van der Waals surface area contributed by atoms with Crippen molar-refractivity contribution in [2.75, 3.05) is 0 Å². The number of hydrogen-bond acceptors (Lipinski definition) is 2. The molecule has 18 heavy (non-hydrogen) atoms. The molecule has 0 aliphatic carbocycles. The van der Waals surface area contributed by atoms with Gasteiger partial charge in [0.15, 0.2) is 0 Å². The van der Waals surface area contributed by atoms with Gasteiger partial charge in [-0.15, -0.1) is 11.3 Å². The van der Waals surface area contributed by atoms with E-state index in [0.29, 0.717) is 13.0 Å². The number of amides is 1. The molecule has 0 aliphatic heterocycles. The molecule has 1 heterocycles. The van der Waals surface area contributed by atoms with Crippen LogP contribution in [0.2, 0.25) is 0 Å². The van der Waals surface area contributed by atoms with E-state index >= 15 is 0 Å². The third kappa shape index (κ3) is 4.23. The summed E-state index contributed by atoms with van der Waals surface area (Å²) in [6, 6.07) is 11.8. The number of carbonyl (C=O) groups excluding carboxylic acids is 1. The Morgan fingerprint density at radius 1 is 1.11 bits per heavy atom. The zero-order valence-corrected chi connectivity index (χ0v) is 13.4. The lowest BCUT2D eigenvalue weighted by molar-refractivity contribution is -0.120. The highest BCUT2D eigenvalue weighted by Gasteiger charge is 2.04. The Morgan fingerprint density at radius 3 is 2.44 bits per heavy atom. The Labute approximate surface area is 127 Å². The predicted molar refractivity (Wildman–Crippen MR) is 81.7 cm³/mol. The lowest BCUT2D eigenvalue weighted by atomic mass is 10.1. The van der Waals surface area contributed by atoms with Crippen LogP contribution in [0.4, 0.5) is 0 Å². The second kappa shape index (κ2) is 6.50. The van der Waals surface area contributed by atoms with E-state index in [4.69, 9.17) is 0 Å². The molecule has 0 saturated carbocycles. The molecule has 0 atom stereocenters. The van der Waals surface area contributed by atoms with Crippen LogP contribution < -0.4 is 5.32 Å². The van der Waals surface area contributed by atoms with Gasteiger partial charge in [-0.25, -0.2) is 0 Å². The average Bonchev–Trinajstić information content (AvgIpc) is 2.76. The standard InChI is InChI=1S/C13H11Br2NOS/c14-10-3-1-9(2-4-10)7-13(17)16-8-11-5-6-12(15)18-11/h1-6H,7-8H2,(H,16,17). The molecule has 0 fully saturated rings. The lowest BCUT2D eigenvalue weighted by Crippen LogP contribution is -2.24. The third-order valence-electron chi connectivity index (χ3n) is 2.37. The molecule has 94 valence electrons. The fourth-order valence-corrected chi connectivity index (χ4v) is 3.17. The van der Waals surface area contributed by atoms with Gasteiger partial charge in [-0.05, 0) is 45.8 Å². The van der Waals surface area contributed by atoms with E-state index < -0.39 is 0 Å². The smallest absolute Gasteiger partial charge is 0.224 e. The molecule has 1 amide bonds. The Kier molecular flexibility index (Phi) is 4.97. The quantitative estimate of drug-likeness (QED) is 0.838. The first-order valence-electron chi connectivity index (χ1n) is 5.39. The van der Waals surface area contributed by atoms with Crippen molar-refractivity contribution in [3.63, 3.8) is 0 Å². The van der Waals surface area contributed by atoms with Crippen molar-refractivity contribution in [2.24, 2.45) is 0 Å². The molecule has 1 N–H and O–H groups in total. The van der Waals surface area contributed by atoms with E-state index in [1.54, 1.807) is 11.3 Å². The number of thiophene rings is 1. The van der Waals surface area contributed by atoms with E-state index in [9.17, 15) is 4.79 Å².